The predicted molar refractivity (Wildman–Crippen MR) is 143 cm³/mol. The number of benzene rings is 3. The lowest BCUT2D eigenvalue weighted by molar-refractivity contribution is -0.151. The van der Waals surface area contributed by atoms with Crippen molar-refractivity contribution in [1.82, 2.24) is 0 Å². The fourth-order valence-corrected chi connectivity index (χ4v) is 4.42. The number of halogens is 3. The zero-order valence-corrected chi connectivity index (χ0v) is 22.2. The number of rotatable bonds is 8. The van der Waals surface area contributed by atoms with Crippen molar-refractivity contribution in [3.8, 4) is 11.5 Å². The zero-order valence-electron chi connectivity index (χ0n) is 22.2. The molecule has 1 heterocycles. The number of aryl methyl sites for hydroxylation is 1. The Bertz CT molecular complexity index is 1400. The highest BCUT2D eigenvalue weighted by Crippen LogP contribution is 2.35. The highest BCUT2D eigenvalue weighted by molar-refractivity contribution is 6.00. The van der Waals surface area contributed by atoms with Crippen molar-refractivity contribution >= 4 is 29.2 Å². The first-order chi connectivity index (χ1) is 18.9. The monoisotopic (exact) mass is 554 g/mol. The van der Waals surface area contributed by atoms with Gasteiger partial charge in [-0.05, 0) is 66.4 Å². The normalized spacial score (nSPS) is 15.3. The van der Waals surface area contributed by atoms with Crippen molar-refractivity contribution in [2.75, 3.05) is 23.4 Å². The highest BCUT2D eigenvalue weighted by atomic mass is 19.4. The van der Waals surface area contributed by atoms with Crippen LogP contribution in [0.1, 0.15) is 42.9 Å². The molecule has 2 amide bonds. The number of hydrogen-bond acceptors (Lipinski definition) is 5. The van der Waals surface area contributed by atoms with Crippen molar-refractivity contribution in [2.45, 2.75) is 39.3 Å². The maximum atomic E-state index is 13.1. The molecule has 0 saturated carbocycles. The van der Waals surface area contributed by atoms with Gasteiger partial charge in [0.15, 0.2) is 6.61 Å². The number of amides is 2. The van der Waals surface area contributed by atoms with Crippen molar-refractivity contribution in [3.63, 3.8) is 0 Å². The molecule has 0 bridgehead atoms. The fourth-order valence-electron chi connectivity index (χ4n) is 4.42. The molecule has 1 N–H and O–H groups in total. The summed E-state index contributed by atoms with van der Waals surface area (Å²) >= 11 is 0. The van der Waals surface area contributed by atoms with Gasteiger partial charge in [-0.15, -0.1) is 0 Å². The first-order valence-electron chi connectivity index (χ1n) is 12.7. The van der Waals surface area contributed by atoms with E-state index in [1.54, 1.807) is 24.3 Å². The Labute approximate surface area is 229 Å². The Kier molecular flexibility index (Phi) is 8.46. The molecule has 1 atom stereocenters. The van der Waals surface area contributed by atoms with Gasteiger partial charge in [-0.3, -0.25) is 14.4 Å². The quantitative estimate of drug-likeness (QED) is 0.323. The Morgan fingerprint density at radius 1 is 1.05 bits per heavy atom. The van der Waals surface area contributed by atoms with Gasteiger partial charge in [0.1, 0.15) is 11.5 Å². The van der Waals surface area contributed by atoms with E-state index in [0.717, 1.165) is 29.0 Å². The lowest BCUT2D eigenvalue weighted by atomic mass is 10.0. The number of carbonyl (C=O) groups is 3. The standard InChI is InChI=1S/C30H29F3N2O5/c1-18(2)23-13-8-19(3)14-26(23)40-22-11-9-21(10-12-22)35-16-20(15-28(35)37)29(38)39-17-27(36)34-25-7-5-4-6-24(25)30(31,32)33/h4-14,18,20H,15-17H2,1-3H3,(H,34,36)/t20-/m0/s1. The SMILES string of the molecule is Cc1ccc(C(C)C)c(Oc2ccc(N3C[C@@H](C(=O)OCC(=O)Nc4ccccc4C(F)(F)F)CC3=O)cc2)c1. The van der Waals surface area contributed by atoms with E-state index in [0.29, 0.717) is 11.4 Å². The number of nitrogens with zero attached hydrogens (tertiary/aromatic N) is 1. The van der Waals surface area contributed by atoms with Crippen LogP contribution in [0.15, 0.2) is 66.7 Å². The molecule has 0 aliphatic carbocycles. The van der Waals surface area contributed by atoms with Crippen LogP contribution in [-0.4, -0.2) is 30.9 Å². The fraction of sp³-hybridized carbons (Fsp3) is 0.300. The zero-order chi connectivity index (χ0) is 29.0. The number of hydrogen-bond donors (Lipinski definition) is 1. The number of alkyl halides is 3. The van der Waals surface area contributed by atoms with Crippen LogP contribution in [0.4, 0.5) is 24.5 Å². The third kappa shape index (κ3) is 6.80. The average molecular weight is 555 g/mol. The summed E-state index contributed by atoms with van der Waals surface area (Å²) in [5.74, 6) is -1.19. The van der Waals surface area contributed by atoms with Crippen LogP contribution in [0.3, 0.4) is 0 Å². The lowest BCUT2D eigenvalue weighted by Crippen LogP contribution is -2.28. The van der Waals surface area contributed by atoms with Crippen molar-refractivity contribution in [1.29, 1.82) is 0 Å². The molecular weight excluding hydrogens is 525 g/mol. The minimum absolute atomic E-state index is 0.0474. The van der Waals surface area contributed by atoms with Crippen LogP contribution < -0.4 is 15.0 Å². The number of nitrogens with one attached hydrogen (secondary N) is 1. The molecule has 3 aromatic carbocycles. The van der Waals surface area contributed by atoms with Crippen LogP contribution in [0.25, 0.3) is 0 Å². The lowest BCUT2D eigenvalue weighted by Gasteiger charge is -2.18. The molecule has 10 heteroatoms. The first-order valence-corrected chi connectivity index (χ1v) is 12.7. The molecule has 0 unspecified atom stereocenters. The molecule has 210 valence electrons. The van der Waals surface area contributed by atoms with Gasteiger partial charge >= 0.3 is 12.1 Å². The molecule has 1 aliphatic rings. The van der Waals surface area contributed by atoms with Crippen LogP contribution >= 0.6 is 0 Å². The molecule has 7 nitrogen and oxygen atoms in total. The van der Waals surface area contributed by atoms with E-state index in [2.05, 4.69) is 19.2 Å². The van der Waals surface area contributed by atoms with Crippen LogP contribution in [0.5, 0.6) is 11.5 Å². The Hall–Kier alpha value is -4.34. The molecule has 0 spiro atoms. The largest absolute Gasteiger partial charge is 0.457 e. The van der Waals surface area contributed by atoms with Gasteiger partial charge in [0.25, 0.3) is 5.91 Å². The number of anilines is 2. The number of ether oxygens (including phenoxy) is 2. The van der Waals surface area contributed by atoms with Crippen LogP contribution in [0.2, 0.25) is 0 Å². The summed E-state index contributed by atoms with van der Waals surface area (Å²) in [6, 6.07) is 17.5. The van der Waals surface area contributed by atoms with E-state index in [4.69, 9.17) is 9.47 Å². The minimum Gasteiger partial charge on any atom is -0.457 e. The molecule has 40 heavy (non-hydrogen) atoms. The molecular formula is C30H29F3N2O5. The van der Waals surface area contributed by atoms with Crippen molar-refractivity contribution < 1.29 is 37.0 Å². The van der Waals surface area contributed by atoms with Gasteiger partial charge in [0.05, 0.1) is 17.2 Å². The van der Waals surface area contributed by atoms with E-state index in [9.17, 15) is 27.6 Å². The van der Waals surface area contributed by atoms with Gasteiger partial charge < -0.3 is 19.7 Å². The van der Waals surface area contributed by atoms with E-state index >= 15 is 0 Å². The second-order valence-corrected chi connectivity index (χ2v) is 9.90. The van der Waals surface area contributed by atoms with Gasteiger partial charge in [-0.1, -0.05) is 38.1 Å². The molecule has 4 rings (SSSR count). The Balaban J connectivity index is 1.33. The van der Waals surface area contributed by atoms with Gasteiger partial charge in [0.2, 0.25) is 5.91 Å². The van der Waals surface area contributed by atoms with E-state index < -0.39 is 41.8 Å². The highest BCUT2D eigenvalue weighted by Gasteiger charge is 2.37. The second-order valence-electron chi connectivity index (χ2n) is 9.90. The summed E-state index contributed by atoms with van der Waals surface area (Å²) in [4.78, 5) is 38.8. The number of para-hydroxylation sites is 1. The summed E-state index contributed by atoms with van der Waals surface area (Å²) in [6.07, 6.45) is -4.77. The third-order valence-electron chi connectivity index (χ3n) is 6.48. The molecule has 1 saturated heterocycles. The summed E-state index contributed by atoms with van der Waals surface area (Å²) < 4.78 is 50.5. The molecule has 3 aromatic rings. The maximum absolute atomic E-state index is 13.1. The third-order valence-corrected chi connectivity index (χ3v) is 6.48. The Morgan fingerprint density at radius 3 is 2.42 bits per heavy atom. The summed E-state index contributed by atoms with van der Waals surface area (Å²) in [5.41, 5.74) is 1.27. The van der Waals surface area contributed by atoms with E-state index in [1.807, 2.05) is 25.1 Å². The Morgan fingerprint density at radius 2 is 1.75 bits per heavy atom. The maximum Gasteiger partial charge on any atom is 0.418 e. The smallest absolute Gasteiger partial charge is 0.418 e. The summed E-state index contributed by atoms with van der Waals surface area (Å²) in [6.45, 7) is 5.42. The molecule has 0 radical (unpaired) electrons. The molecule has 1 fully saturated rings. The topological polar surface area (TPSA) is 84.9 Å². The van der Waals surface area contributed by atoms with Gasteiger partial charge in [-0.2, -0.15) is 13.2 Å². The summed E-state index contributed by atoms with van der Waals surface area (Å²) in [5, 5.41) is 2.12. The summed E-state index contributed by atoms with van der Waals surface area (Å²) in [7, 11) is 0. The van der Waals surface area contributed by atoms with E-state index in [1.165, 1.54) is 17.0 Å². The first kappa shape index (κ1) is 28.7. The average Bonchev–Trinajstić information content (AvgIpc) is 3.29. The second kappa shape index (κ2) is 11.8. The molecule has 0 aromatic heterocycles. The molecule has 1 aliphatic heterocycles. The van der Waals surface area contributed by atoms with E-state index in [-0.39, 0.29) is 24.8 Å². The van der Waals surface area contributed by atoms with Crippen molar-refractivity contribution in [2.24, 2.45) is 5.92 Å². The number of esters is 1. The van der Waals surface area contributed by atoms with Gasteiger partial charge in [-0.25, -0.2) is 0 Å². The van der Waals surface area contributed by atoms with Crippen LogP contribution in [0, 0.1) is 12.8 Å². The number of carbonyl (C=O) groups excluding carboxylic acids is 3. The van der Waals surface area contributed by atoms with Crippen LogP contribution in [-0.2, 0) is 25.3 Å². The van der Waals surface area contributed by atoms with Crippen molar-refractivity contribution in [3.05, 3.63) is 83.4 Å². The van der Waals surface area contributed by atoms with Gasteiger partial charge in [0, 0.05) is 18.7 Å². The predicted octanol–water partition coefficient (Wildman–Crippen LogP) is 6.46. The minimum atomic E-state index is -4.66.